The molecule has 2 aliphatic rings. The topological polar surface area (TPSA) is 74.8 Å². The first-order chi connectivity index (χ1) is 12.1. The molecule has 1 unspecified atom stereocenters. The molecule has 3 heterocycles. The number of ether oxygens (including phenoxy) is 1. The molecule has 25 heavy (non-hydrogen) atoms. The van der Waals surface area contributed by atoms with E-state index >= 15 is 0 Å². The van der Waals surface area contributed by atoms with E-state index < -0.39 is 5.54 Å². The van der Waals surface area contributed by atoms with E-state index in [2.05, 4.69) is 10.3 Å². The first-order valence-electron chi connectivity index (χ1n) is 8.87. The number of nitrogens with zero attached hydrogens (tertiary/aromatic N) is 3. The van der Waals surface area contributed by atoms with Gasteiger partial charge in [0.1, 0.15) is 11.4 Å². The minimum Gasteiger partial charge on any atom is -0.383 e. The Balaban J connectivity index is 1.88. The zero-order valence-electron chi connectivity index (χ0n) is 15.0. The molecular weight excluding hydrogens is 320 g/mol. The van der Waals surface area contributed by atoms with Crippen LogP contribution in [0.2, 0.25) is 0 Å². The monoisotopic (exact) mass is 346 g/mol. The number of aromatic nitrogens is 1. The molecule has 0 saturated carbocycles. The highest BCUT2D eigenvalue weighted by Crippen LogP contribution is 2.39. The molecule has 0 aromatic carbocycles. The zero-order chi connectivity index (χ0) is 17.9. The van der Waals surface area contributed by atoms with E-state index in [0.717, 1.165) is 32.2 Å². The summed E-state index contributed by atoms with van der Waals surface area (Å²) in [6.07, 6.45) is 4.88. The smallest absolute Gasteiger partial charge is 0.258 e. The van der Waals surface area contributed by atoms with E-state index in [1.807, 2.05) is 4.90 Å². The summed E-state index contributed by atoms with van der Waals surface area (Å²) in [7, 11) is 3.38. The van der Waals surface area contributed by atoms with Crippen molar-refractivity contribution in [3.63, 3.8) is 0 Å². The number of methoxy groups -OCH3 is 1. The molecular formula is C18H26N4O3. The fraction of sp³-hybridized carbons (Fsp3) is 0.611. The highest BCUT2D eigenvalue weighted by Gasteiger charge is 2.52. The average Bonchev–Trinajstić information content (AvgIpc) is 3.07. The first kappa shape index (κ1) is 17.7. The lowest BCUT2D eigenvalue weighted by atomic mass is 9.85. The second-order valence-electron chi connectivity index (χ2n) is 6.63. The number of rotatable bonds is 5. The lowest BCUT2D eigenvalue weighted by Crippen LogP contribution is -2.61. The van der Waals surface area contributed by atoms with Crippen LogP contribution < -0.4 is 5.32 Å². The van der Waals surface area contributed by atoms with Crippen molar-refractivity contribution < 1.29 is 14.3 Å². The Bertz CT molecular complexity index is 651. The van der Waals surface area contributed by atoms with Crippen LogP contribution in [-0.2, 0) is 9.53 Å². The average molecular weight is 346 g/mol. The van der Waals surface area contributed by atoms with E-state index in [1.165, 1.54) is 0 Å². The summed E-state index contributed by atoms with van der Waals surface area (Å²) in [5.41, 5.74) is -0.183. The molecule has 1 aromatic rings. The summed E-state index contributed by atoms with van der Waals surface area (Å²) in [4.78, 5) is 34.3. The Kier molecular flexibility index (Phi) is 5.22. The van der Waals surface area contributed by atoms with Gasteiger partial charge in [0.05, 0.1) is 12.2 Å². The van der Waals surface area contributed by atoms with Gasteiger partial charge in [-0.1, -0.05) is 0 Å². The van der Waals surface area contributed by atoms with Crippen LogP contribution in [0.4, 0.5) is 5.82 Å². The molecule has 2 aliphatic heterocycles. The molecule has 0 radical (unpaired) electrons. The van der Waals surface area contributed by atoms with Crippen molar-refractivity contribution in [3.8, 4) is 0 Å². The number of amides is 2. The molecule has 7 nitrogen and oxygen atoms in total. The normalized spacial score (nSPS) is 23.4. The van der Waals surface area contributed by atoms with Gasteiger partial charge in [-0.15, -0.1) is 0 Å². The standard InChI is InChI=1S/C18H26N4O3/c1-19-15-14(6-3-9-20-15)16(23)22-11-5-8-18(22)7-4-10-21(17(18)24)12-13-25-2/h3,6,9H,4-5,7-8,10-13H2,1-2H3,(H,19,20). The summed E-state index contributed by atoms with van der Waals surface area (Å²) >= 11 is 0. The van der Waals surface area contributed by atoms with Crippen molar-refractivity contribution in [2.75, 3.05) is 45.7 Å². The molecule has 1 N–H and O–H groups in total. The molecule has 7 heteroatoms. The molecule has 1 atom stereocenters. The van der Waals surface area contributed by atoms with Gasteiger partial charge in [-0.05, 0) is 37.8 Å². The van der Waals surface area contributed by atoms with E-state index in [1.54, 1.807) is 37.4 Å². The van der Waals surface area contributed by atoms with Crippen molar-refractivity contribution in [3.05, 3.63) is 23.9 Å². The van der Waals surface area contributed by atoms with Crippen molar-refractivity contribution in [2.24, 2.45) is 0 Å². The Labute approximate surface area is 148 Å². The van der Waals surface area contributed by atoms with Crippen LogP contribution in [0.1, 0.15) is 36.0 Å². The zero-order valence-corrected chi connectivity index (χ0v) is 15.0. The first-order valence-corrected chi connectivity index (χ1v) is 8.87. The number of carbonyl (C=O) groups is 2. The molecule has 1 spiro atoms. The van der Waals surface area contributed by atoms with Crippen molar-refractivity contribution in [1.82, 2.24) is 14.8 Å². The van der Waals surface area contributed by atoms with Crippen LogP contribution in [-0.4, -0.2) is 72.5 Å². The fourth-order valence-electron chi connectivity index (χ4n) is 4.06. The quantitative estimate of drug-likeness (QED) is 0.871. The van der Waals surface area contributed by atoms with Gasteiger partial charge in [-0.25, -0.2) is 4.98 Å². The van der Waals surface area contributed by atoms with Gasteiger partial charge in [-0.3, -0.25) is 9.59 Å². The molecule has 0 bridgehead atoms. The Morgan fingerprint density at radius 2 is 2.12 bits per heavy atom. The van der Waals surface area contributed by atoms with E-state index in [0.29, 0.717) is 31.1 Å². The summed E-state index contributed by atoms with van der Waals surface area (Å²) in [6.45, 7) is 2.44. The third kappa shape index (κ3) is 3.08. The Hall–Kier alpha value is -2.15. The second-order valence-corrected chi connectivity index (χ2v) is 6.63. The van der Waals surface area contributed by atoms with Gasteiger partial charge in [-0.2, -0.15) is 0 Å². The van der Waals surface area contributed by atoms with Crippen molar-refractivity contribution in [1.29, 1.82) is 0 Å². The third-order valence-electron chi connectivity index (χ3n) is 5.28. The van der Waals surface area contributed by atoms with Crippen LogP contribution in [0.3, 0.4) is 0 Å². The highest BCUT2D eigenvalue weighted by atomic mass is 16.5. The summed E-state index contributed by atoms with van der Waals surface area (Å²) in [5.74, 6) is 0.502. The van der Waals surface area contributed by atoms with Crippen LogP contribution in [0, 0.1) is 0 Å². The largest absolute Gasteiger partial charge is 0.383 e. The number of nitrogens with one attached hydrogen (secondary N) is 1. The van der Waals surface area contributed by atoms with Gasteiger partial charge >= 0.3 is 0 Å². The number of piperidine rings is 1. The van der Waals surface area contributed by atoms with Gasteiger partial charge in [0, 0.05) is 40.0 Å². The molecule has 2 amide bonds. The maximum Gasteiger partial charge on any atom is 0.258 e. The molecule has 2 saturated heterocycles. The predicted octanol–water partition coefficient (Wildman–Crippen LogP) is 1.37. The van der Waals surface area contributed by atoms with Crippen LogP contribution in [0.25, 0.3) is 0 Å². The second kappa shape index (κ2) is 7.39. The maximum absolute atomic E-state index is 13.2. The SMILES string of the molecule is CNc1ncccc1C(=O)N1CCCC12CCCN(CCOC)C2=O. The predicted molar refractivity (Wildman–Crippen MR) is 94.5 cm³/mol. The van der Waals surface area contributed by atoms with Gasteiger partial charge in [0.25, 0.3) is 5.91 Å². The Morgan fingerprint density at radius 1 is 1.36 bits per heavy atom. The summed E-state index contributed by atoms with van der Waals surface area (Å²) in [5, 5.41) is 2.97. The molecule has 136 valence electrons. The van der Waals surface area contributed by atoms with Crippen LogP contribution in [0.15, 0.2) is 18.3 Å². The molecule has 1 aromatic heterocycles. The van der Waals surface area contributed by atoms with Gasteiger partial charge < -0.3 is 19.9 Å². The van der Waals surface area contributed by atoms with Gasteiger partial charge in [0.15, 0.2) is 0 Å². The third-order valence-corrected chi connectivity index (χ3v) is 5.28. The maximum atomic E-state index is 13.2. The molecule has 2 fully saturated rings. The summed E-state index contributed by atoms with van der Waals surface area (Å²) < 4.78 is 5.13. The van der Waals surface area contributed by atoms with Crippen LogP contribution >= 0.6 is 0 Å². The minimum atomic E-state index is -0.704. The summed E-state index contributed by atoms with van der Waals surface area (Å²) in [6, 6.07) is 3.52. The highest BCUT2D eigenvalue weighted by molar-refractivity contribution is 6.02. The van der Waals surface area contributed by atoms with E-state index in [-0.39, 0.29) is 11.8 Å². The number of hydrogen-bond donors (Lipinski definition) is 1. The van der Waals surface area contributed by atoms with E-state index in [9.17, 15) is 9.59 Å². The number of pyridine rings is 1. The lowest BCUT2D eigenvalue weighted by molar-refractivity contribution is -0.146. The number of anilines is 1. The number of carbonyl (C=O) groups excluding carboxylic acids is 2. The number of hydrogen-bond acceptors (Lipinski definition) is 5. The number of likely N-dealkylation sites (tertiary alicyclic amines) is 2. The van der Waals surface area contributed by atoms with Crippen LogP contribution in [0.5, 0.6) is 0 Å². The molecule has 3 rings (SSSR count). The minimum absolute atomic E-state index is 0.0662. The molecule has 0 aliphatic carbocycles. The van der Waals surface area contributed by atoms with Gasteiger partial charge in [0.2, 0.25) is 5.91 Å². The van der Waals surface area contributed by atoms with Crippen molar-refractivity contribution >= 4 is 17.6 Å². The lowest BCUT2D eigenvalue weighted by Gasteiger charge is -2.44. The van der Waals surface area contributed by atoms with E-state index in [4.69, 9.17) is 4.74 Å². The Morgan fingerprint density at radius 3 is 2.84 bits per heavy atom. The fourth-order valence-corrected chi connectivity index (χ4v) is 4.06. The van der Waals surface area contributed by atoms with Crippen molar-refractivity contribution in [2.45, 2.75) is 31.2 Å².